The standard InChI is InChI=1S/C19H13Cl2NO3S/c1-2-9-25-16-6-4-3-5-12(16)10-17-18(23)22(19(24)26-17)13-7-8-14(20)15(21)11-13/h2-8,10-11H,1,9H2/b17-10-. The average Bonchev–Trinajstić information content (AvgIpc) is 2.90. The molecule has 1 fully saturated rings. The first-order valence-electron chi connectivity index (χ1n) is 7.57. The number of imide groups is 1. The Morgan fingerprint density at radius 2 is 1.88 bits per heavy atom. The number of hydrogen-bond acceptors (Lipinski definition) is 4. The Morgan fingerprint density at radius 3 is 2.62 bits per heavy atom. The van der Waals surface area contributed by atoms with Crippen LogP contribution in [0.25, 0.3) is 6.08 Å². The molecule has 0 aromatic heterocycles. The molecule has 2 amide bonds. The largest absolute Gasteiger partial charge is 0.489 e. The molecule has 1 heterocycles. The molecule has 0 bridgehead atoms. The molecular formula is C19H13Cl2NO3S. The molecule has 4 nitrogen and oxygen atoms in total. The maximum atomic E-state index is 12.7. The van der Waals surface area contributed by atoms with Crippen LogP contribution in [0.4, 0.5) is 10.5 Å². The zero-order valence-electron chi connectivity index (χ0n) is 13.4. The molecule has 3 rings (SSSR count). The van der Waals surface area contributed by atoms with E-state index in [-0.39, 0.29) is 5.02 Å². The number of amides is 2. The maximum absolute atomic E-state index is 12.7. The van der Waals surface area contributed by atoms with Gasteiger partial charge in [0.25, 0.3) is 11.1 Å². The van der Waals surface area contributed by atoms with Crippen molar-refractivity contribution < 1.29 is 14.3 Å². The van der Waals surface area contributed by atoms with Gasteiger partial charge in [0.2, 0.25) is 0 Å². The molecule has 0 spiro atoms. The number of benzene rings is 2. The fourth-order valence-electron chi connectivity index (χ4n) is 2.34. The van der Waals surface area contributed by atoms with Gasteiger partial charge < -0.3 is 4.74 Å². The second-order valence-electron chi connectivity index (χ2n) is 5.25. The average molecular weight is 406 g/mol. The lowest BCUT2D eigenvalue weighted by Gasteiger charge is -2.13. The molecule has 0 N–H and O–H groups in total. The predicted molar refractivity (Wildman–Crippen MR) is 107 cm³/mol. The minimum atomic E-state index is -0.420. The Bertz CT molecular complexity index is 927. The van der Waals surface area contributed by atoms with Crippen molar-refractivity contribution in [2.75, 3.05) is 11.5 Å². The van der Waals surface area contributed by atoms with Gasteiger partial charge in [-0.1, -0.05) is 54.1 Å². The summed E-state index contributed by atoms with van der Waals surface area (Å²) < 4.78 is 5.59. The Hall–Kier alpha value is -2.21. The summed E-state index contributed by atoms with van der Waals surface area (Å²) in [5.41, 5.74) is 1.08. The molecule has 0 atom stereocenters. The summed E-state index contributed by atoms with van der Waals surface area (Å²) in [6.07, 6.45) is 3.27. The molecular weight excluding hydrogens is 393 g/mol. The quantitative estimate of drug-likeness (QED) is 0.465. The van der Waals surface area contributed by atoms with E-state index in [1.54, 1.807) is 30.4 Å². The fraction of sp³-hybridized carbons (Fsp3) is 0.0526. The lowest BCUT2D eigenvalue weighted by atomic mass is 10.2. The Morgan fingerprint density at radius 1 is 1.12 bits per heavy atom. The van der Waals surface area contributed by atoms with Crippen molar-refractivity contribution in [1.29, 1.82) is 0 Å². The third-order valence-electron chi connectivity index (χ3n) is 3.52. The van der Waals surface area contributed by atoms with E-state index in [1.807, 2.05) is 18.2 Å². The molecule has 0 radical (unpaired) electrons. The topological polar surface area (TPSA) is 46.6 Å². The van der Waals surface area contributed by atoms with Crippen molar-refractivity contribution in [2.45, 2.75) is 0 Å². The van der Waals surface area contributed by atoms with Gasteiger partial charge in [0.15, 0.2) is 0 Å². The van der Waals surface area contributed by atoms with Crippen molar-refractivity contribution in [2.24, 2.45) is 0 Å². The number of carbonyl (C=O) groups is 2. The van der Waals surface area contributed by atoms with Gasteiger partial charge in [0.05, 0.1) is 20.6 Å². The molecule has 26 heavy (non-hydrogen) atoms. The first-order chi connectivity index (χ1) is 12.5. The van der Waals surface area contributed by atoms with Crippen molar-refractivity contribution >= 4 is 57.9 Å². The SMILES string of the molecule is C=CCOc1ccccc1/C=C1\SC(=O)N(c2ccc(Cl)c(Cl)c2)C1=O. The molecule has 1 saturated heterocycles. The summed E-state index contributed by atoms with van der Waals surface area (Å²) in [4.78, 5) is 26.4. The number of hydrogen-bond donors (Lipinski definition) is 0. The highest BCUT2D eigenvalue weighted by molar-refractivity contribution is 8.19. The molecule has 132 valence electrons. The van der Waals surface area contributed by atoms with E-state index < -0.39 is 11.1 Å². The molecule has 1 aliphatic rings. The lowest BCUT2D eigenvalue weighted by Crippen LogP contribution is -2.27. The summed E-state index contributed by atoms with van der Waals surface area (Å²) in [6.45, 7) is 3.96. The van der Waals surface area contributed by atoms with Crippen molar-refractivity contribution in [3.63, 3.8) is 0 Å². The van der Waals surface area contributed by atoms with E-state index in [9.17, 15) is 9.59 Å². The van der Waals surface area contributed by atoms with Crippen LogP contribution in [0.5, 0.6) is 5.75 Å². The summed E-state index contributed by atoms with van der Waals surface area (Å²) in [6, 6.07) is 11.9. The van der Waals surface area contributed by atoms with Crippen LogP contribution in [0.1, 0.15) is 5.56 Å². The Labute approximate surface area is 165 Å². The molecule has 0 saturated carbocycles. The number of ether oxygens (including phenoxy) is 1. The van der Waals surface area contributed by atoms with E-state index in [2.05, 4.69) is 6.58 Å². The van der Waals surface area contributed by atoms with Crippen LogP contribution in [-0.4, -0.2) is 17.8 Å². The minimum Gasteiger partial charge on any atom is -0.489 e. The summed E-state index contributed by atoms with van der Waals surface area (Å²) in [5.74, 6) is 0.186. The normalized spacial score (nSPS) is 15.6. The Kier molecular flexibility index (Phi) is 5.71. The van der Waals surface area contributed by atoms with Crippen LogP contribution in [0.3, 0.4) is 0 Å². The van der Waals surface area contributed by atoms with E-state index in [1.165, 1.54) is 6.07 Å². The molecule has 0 unspecified atom stereocenters. The number of carbonyl (C=O) groups excluding carboxylic acids is 2. The predicted octanol–water partition coefficient (Wildman–Crippen LogP) is 5.80. The van der Waals surface area contributed by atoms with Crippen molar-refractivity contribution in [3.8, 4) is 5.75 Å². The number of para-hydroxylation sites is 1. The first kappa shape index (κ1) is 18.6. The van der Waals surface area contributed by atoms with Gasteiger partial charge in [-0.15, -0.1) is 0 Å². The minimum absolute atomic E-state index is 0.273. The fourth-order valence-corrected chi connectivity index (χ4v) is 3.46. The van der Waals surface area contributed by atoms with Gasteiger partial charge in [-0.25, -0.2) is 4.90 Å². The molecule has 7 heteroatoms. The molecule has 2 aromatic carbocycles. The number of nitrogens with zero attached hydrogens (tertiary/aromatic N) is 1. The lowest BCUT2D eigenvalue weighted by molar-refractivity contribution is -0.113. The van der Waals surface area contributed by atoms with Gasteiger partial charge in [0.1, 0.15) is 12.4 Å². The second-order valence-corrected chi connectivity index (χ2v) is 7.06. The van der Waals surface area contributed by atoms with Gasteiger partial charge in [-0.05, 0) is 42.1 Å². The summed E-state index contributed by atoms with van der Waals surface area (Å²) in [5, 5.41) is 0.228. The van der Waals surface area contributed by atoms with Crippen LogP contribution in [0.15, 0.2) is 60.0 Å². The number of rotatable bonds is 5. The van der Waals surface area contributed by atoms with E-state index in [0.29, 0.717) is 33.5 Å². The third-order valence-corrected chi connectivity index (χ3v) is 5.13. The maximum Gasteiger partial charge on any atom is 0.298 e. The number of anilines is 1. The van der Waals surface area contributed by atoms with Crippen molar-refractivity contribution in [3.05, 3.63) is 75.6 Å². The van der Waals surface area contributed by atoms with Crippen LogP contribution >= 0.6 is 35.0 Å². The second kappa shape index (κ2) is 7.99. The van der Waals surface area contributed by atoms with Crippen LogP contribution in [0.2, 0.25) is 10.0 Å². The number of halogens is 2. The highest BCUT2D eigenvalue weighted by atomic mass is 35.5. The van der Waals surface area contributed by atoms with E-state index in [4.69, 9.17) is 27.9 Å². The Balaban J connectivity index is 1.93. The number of thioether (sulfide) groups is 1. The van der Waals surface area contributed by atoms with Gasteiger partial charge in [0, 0.05) is 5.56 Å². The smallest absolute Gasteiger partial charge is 0.298 e. The van der Waals surface area contributed by atoms with Gasteiger partial charge in [-0.3, -0.25) is 9.59 Å². The van der Waals surface area contributed by atoms with E-state index >= 15 is 0 Å². The molecule has 1 aliphatic heterocycles. The van der Waals surface area contributed by atoms with Crippen LogP contribution in [0, 0.1) is 0 Å². The van der Waals surface area contributed by atoms with Gasteiger partial charge >= 0.3 is 0 Å². The third kappa shape index (κ3) is 3.80. The highest BCUT2D eigenvalue weighted by Gasteiger charge is 2.36. The van der Waals surface area contributed by atoms with Crippen LogP contribution in [-0.2, 0) is 4.79 Å². The summed E-state index contributed by atoms with van der Waals surface area (Å²) >= 11 is 12.8. The monoisotopic (exact) mass is 405 g/mol. The highest BCUT2D eigenvalue weighted by Crippen LogP contribution is 2.38. The first-order valence-corrected chi connectivity index (χ1v) is 9.14. The van der Waals surface area contributed by atoms with Crippen LogP contribution < -0.4 is 9.64 Å². The zero-order chi connectivity index (χ0) is 18.7. The molecule has 0 aliphatic carbocycles. The summed E-state index contributed by atoms with van der Waals surface area (Å²) in [7, 11) is 0. The molecule has 2 aromatic rings. The van der Waals surface area contributed by atoms with E-state index in [0.717, 1.165) is 16.7 Å². The van der Waals surface area contributed by atoms with Crippen molar-refractivity contribution in [1.82, 2.24) is 0 Å². The zero-order valence-corrected chi connectivity index (χ0v) is 15.8. The van der Waals surface area contributed by atoms with Gasteiger partial charge in [-0.2, -0.15) is 0 Å².